The standard InChI is InChI=1S/C23H41N5O.HI/c1-8-24-23(25-14-9-15-28(18(4)5)19(6)7)26-16-20-10-12-21(13-11-20)27-22(29)17(2)3;/h10-13,17-19H,8-9,14-16H2,1-7H3,(H,27,29)(H2,24,25,26);1H. The minimum atomic E-state index is -0.0267. The first-order valence-electron chi connectivity index (χ1n) is 10.9. The van der Waals surface area contributed by atoms with E-state index in [0.717, 1.165) is 43.3 Å². The van der Waals surface area contributed by atoms with E-state index in [1.807, 2.05) is 38.1 Å². The van der Waals surface area contributed by atoms with Gasteiger partial charge < -0.3 is 16.0 Å². The molecule has 1 aromatic carbocycles. The van der Waals surface area contributed by atoms with Crippen molar-refractivity contribution in [3.63, 3.8) is 0 Å². The molecule has 172 valence electrons. The van der Waals surface area contributed by atoms with Crippen molar-refractivity contribution in [1.29, 1.82) is 0 Å². The molecular formula is C23H42IN5O. The summed E-state index contributed by atoms with van der Waals surface area (Å²) in [4.78, 5) is 19.0. The van der Waals surface area contributed by atoms with E-state index in [2.05, 4.69) is 60.5 Å². The summed E-state index contributed by atoms with van der Waals surface area (Å²) in [6.07, 6.45) is 1.07. The van der Waals surface area contributed by atoms with Gasteiger partial charge in [-0.1, -0.05) is 26.0 Å². The van der Waals surface area contributed by atoms with Crippen molar-refractivity contribution in [2.45, 2.75) is 73.5 Å². The Morgan fingerprint density at radius 3 is 2.10 bits per heavy atom. The smallest absolute Gasteiger partial charge is 0.226 e. The summed E-state index contributed by atoms with van der Waals surface area (Å²) in [6.45, 7) is 18.2. The Morgan fingerprint density at radius 2 is 1.60 bits per heavy atom. The maximum absolute atomic E-state index is 11.8. The number of benzene rings is 1. The molecule has 1 rings (SSSR count). The average molecular weight is 532 g/mol. The molecule has 0 atom stereocenters. The second kappa shape index (κ2) is 15.5. The molecule has 7 heteroatoms. The Hall–Kier alpha value is -1.35. The maximum Gasteiger partial charge on any atom is 0.226 e. The van der Waals surface area contributed by atoms with Gasteiger partial charge in [-0.15, -0.1) is 24.0 Å². The Bertz CT molecular complexity index is 621. The van der Waals surface area contributed by atoms with Gasteiger partial charge in [0.25, 0.3) is 0 Å². The van der Waals surface area contributed by atoms with Gasteiger partial charge in [-0.05, 0) is 58.7 Å². The number of rotatable bonds is 11. The Kier molecular flexibility index (Phi) is 14.8. The van der Waals surface area contributed by atoms with E-state index in [4.69, 9.17) is 0 Å². The van der Waals surface area contributed by atoms with Crippen molar-refractivity contribution in [2.24, 2.45) is 10.9 Å². The first kappa shape index (κ1) is 28.6. The number of nitrogens with one attached hydrogen (secondary N) is 3. The quantitative estimate of drug-likeness (QED) is 0.171. The van der Waals surface area contributed by atoms with Crippen molar-refractivity contribution < 1.29 is 4.79 Å². The van der Waals surface area contributed by atoms with Crippen LogP contribution in [0.4, 0.5) is 5.69 Å². The highest BCUT2D eigenvalue weighted by Crippen LogP contribution is 2.12. The van der Waals surface area contributed by atoms with Crippen LogP contribution >= 0.6 is 24.0 Å². The summed E-state index contributed by atoms with van der Waals surface area (Å²) in [5.74, 6) is 0.842. The average Bonchev–Trinajstić information content (AvgIpc) is 2.66. The van der Waals surface area contributed by atoms with E-state index in [0.29, 0.717) is 18.6 Å². The molecule has 1 aromatic rings. The fourth-order valence-electron chi connectivity index (χ4n) is 3.07. The molecule has 0 spiro atoms. The fourth-order valence-corrected chi connectivity index (χ4v) is 3.07. The van der Waals surface area contributed by atoms with Crippen LogP contribution in [0.25, 0.3) is 0 Å². The normalized spacial score (nSPS) is 11.8. The number of carbonyl (C=O) groups excluding carboxylic acids is 1. The van der Waals surface area contributed by atoms with Gasteiger partial charge in [0, 0.05) is 43.3 Å². The lowest BCUT2D eigenvalue weighted by Crippen LogP contribution is -2.41. The molecule has 0 saturated carbocycles. The van der Waals surface area contributed by atoms with E-state index in [9.17, 15) is 4.79 Å². The number of guanidine groups is 1. The first-order valence-corrected chi connectivity index (χ1v) is 10.9. The van der Waals surface area contributed by atoms with Gasteiger partial charge in [0.1, 0.15) is 0 Å². The SMILES string of the molecule is CCNC(=NCc1ccc(NC(=O)C(C)C)cc1)NCCCN(C(C)C)C(C)C.I. The van der Waals surface area contributed by atoms with Gasteiger partial charge in [-0.2, -0.15) is 0 Å². The highest BCUT2D eigenvalue weighted by molar-refractivity contribution is 14.0. The summed E-state index contributed by atoms with van der Waals surface area (Å²) in [6, 6.07) is 8.99. The van der Waals surface area contributed by atoms with E-state index in [1.165, 1.54) is 0 Å². The van der Waals surface area contributed by atoms with Gasteiger partial charge in [-0.25, -0.2) is 4.99 Å². The van der Waals surface area contributed by atoms with E-state index >= 15 is 0 Å². The summed E-state index contributed by atoms with van der Waals surface area (Å²) in [7, 11) is 0. The zero-order valence-corrected chi connectivity index (χ0v) is 22.1. The number of hydrogen-bond acceptors (Lipinski definition) is 3. The van der Waals surface area contributed by atoms with Crippen molar-refractivity contribution in [1.82, 2.24) is 15.5 Å². The summed E-state index contributed by atoms with van der Waals surface area (Å²) in [5.41, 5.74) is 1.93. The second-order valence-electron chi connectivity index (χ2n) is 8.24. The predicted octanol–water partition coefficient (Wildman–Crippen LogP) is 4.46. The second-order valence-corrected chi connectivity index (χ2v) is 8.24. The molecule has 6 nitrogen and oxygen atoms in total. The number of halogens is 1. The van der Waals surface area contributed by atoms with E-state index in [-0.39, 0.29) is 35.8 Å². The molecule has 0 bridgehead atoms. The Morgan fingerprint density at radius 1 is 1.00 bits per heavy atom. The largest absolute Gasteiger partial charge is 0.357 e. The van der Waals surface area contributed by atoms with Crippen molar-refractivity contribution >= 4 is 41.5 Å². The summed E-state index contributed by atoms with van der Waals surface area (Å²) < 4.78 is 0. The summed E-state index contributed by atoms with van der Waals surface area (Å²) >= 11 is 0. The molecule has 1 amide bonds. The lowest BCUT2D eigenvalue weighted by molar-refractivity contribution is -0.118. The minimum Gasteiger partial charge on any atom is -0.357 e. The highest BCUT2D eigenvalue weighted by atomic mass is 127. The molecule has 0 aromatic heterocycles. The number of hydrogen-bond donors (Lipinski definition) is 3. The van der Waals surface area contributed by atoms with Crippen LogP contribution < -0.4 is 16.0 Å². The van der Waals surface area contributed by atoms with E-state index in [1.54, 1.807) is 0 Å². The Labute approximate surface area is 200 Å². The molecule has 0 fully saturated rings. The number of aliphatic imine (C=N–C) groups is 1. The van der Waals surface area contributed by atoms with Crippen LogP contribution in [0, 0.1) is 5.92 Å². The maximum atomic E-state index is 11.8. The number of carbonyl (C=O) groups is 1. The number of nitrogens with zero attached hydrogens (tertiary/aromatic N) is 2. The molecule has 0 aliphatic heterocycles. The monoisotopic (exact) mass is 531 g/mol. The number of anilines is 1. The predicted molar refractivity (Wildman–Crippen MR) is 140 cm³/mol. The van der Waals surface area contributed by atoms with Crippen molar-refractivity contribution in [2.75, 3.05) is 25.0 Å². The Balaban J connectivity index is 0.00000841. The van der Waals surface area contributed by atoms with Crippen LogP contribution in [0.3, 0.4) is 0 Å². The number of amides is 1. The minimum absolute atomic E-state index is 0. The zero-order chi connectivity index (χ0) is 21.8. The van der Waals surface area contributed by atoms with Crippen LogP contribution in [0.5, 0.6) is 0 Å². The van der Waals surface area contributed by atoms with Gasteiger partial charge >= 0.3 is 0 Å². The van der Waals surface area contributed by atoms with Crippen molar-refractivity contribution in [3.8, 4) is 0 Å². The van der Waals surface area contributed by atoms with E-state index < -0.39 is 0 Å². The third kappa shape index (κ3) is 11.2. The lowest BCUT2D eigenvalue weighted by Gasteiger charge is -2.30. The third-order valence-electron chi connectivity index (χ3n) is 4.72. The first-order chi connectivity index (χ1) is 13.7. The van der Waals surface area contributed by atoms with Gasteiger partial charge in [0.05, 0.1) is 6.54 Å². The third-order valence-corrected chi connectivity index (χ3v) is 4.72. The highest BCUT2D eigenvalue weighted by Gasteiger charge is 2.12. The van der Waals surface area contributed by atoms with Crippen LogP contribution in [0.2, 0.25) is 0 Å². The molecule has 3 N–H and O–H groups in total. The molecule has 0 aliphatic carbocycles. The van der Waals surface area contributed by atoms with Crippen LogP contribution in [-0.2, 0) is 11.3 Å². The molecular weight excluding hydrogens is 489 g/mol. The summed E-state index contributed by atoms with van der Waals surface area (Å²) in [5, 5.41) is 9.64. The van der Waals surface area contributed by atoms with Crippen LogP contribution in [0.15, 0.2) is 29.3 Å². The topological polar surface area (TPSA) is 68.8 Å². The molecule has 0 aliphatic rings. The molecule has 0 heterocycles. The fraction of sp³-hybridized carbons (Fsp3) is 0.652. The molecule has 0 unspecified atom stereocenters. The van der Waals surface area contributed by atoms with Crippen molar-refractivity contribution in [3.05, 3.63) is 29.8 Å². The van der Waals surface area contributed by atoms with Crippen LogP contribution in [0.1, 0.15) is 60.5 Å². The van der Waals surface area contributed by atoms with Gasteiger partial charge in [0.15, 0.2) is 5.96 Å². The van der Waals surface area contributed by atoms with Gasteiger partial charge in [0.2, 0.25) is 5.91 Å². The molecule has 30 heavy (non-hydrogen) atoms. The van der Waals surface area contributed by atoms with Crippen LogP contribution in [-0.4, -0.2) is 48.5 Å². The zero-order valence-electron chi connectivity index (χ0n) is 19.8. The lowest BCUT2D eigenvalue weighted by atomic mass is 10.2. The van der Waals surface area contributed by atoms with Gasteiger partial charge in [-0.3, -0.25) is 9.69 Å². The molecule has 0 radical (unpaired) electrons. The molecule has 0 saturated heterocycles.